The Morgan fingerprint density at radius 1 is 1.04 bits per heavy atom. The molecule has 0 N–H and O–H groups in total. The van der Waals surface area contributed by atoms with E-state index in [4.69, 9.17) is 4.74 Å². The van der Waals surface area contributed by atoms with Crippen LogP contribution in [0, 0.1) is 5.92 Å². The largest absolute Gasteiger partial charge is 0.497 e. The number of amides is 2. The normalized spacial score (nSPS) is 24.6. The van der Waals surface area contributed by atoms with E-state index in [0.717, 1.165) is 43.7 Å². The van der Waals surface area contributed by atoms with Crippen molar-refractivity contribution in [3.8, 4) is 5.75 Å². The molecule has 1 aromatic rings. The third-order valence-electron chi connectivity index (χ3n) is 6.33. The molecule has 0 radical (unpaired) electrons. The number of carbonyl (C=O) groups excluding carboxylic acids is 2. The molecular formula is C21H29N3O3. The van der Waals surface area contributed by atoms with E-state index in [9.17, 15) is 9.59 Å². The van der Waals surface area contributed by atoms with E-state index < -0.39 is 0 Å². The van der Waals surface area contributed by atoms with Gasteiger partial charge in [-0.1, -0.05) is 12.8 Å². The van der Waals surface area contributed by atoms with Gasteiger partial charge in [0.25, 0.3) is 0 Å². The number of anilines is 1. The highest BCUT2D eigenvalue weighted by Crippen LogP contribution is 2.29. The number of hydrogen-bond donors (Lipinski definition) is 0. The third kappa shape index (κ3) is 3.81. The maximum absolute atomic E-state index is 13.0. The summed E-state index contributed by atoms with van der Waals surface area (Å²) < 4.78 is 5.17. The molecular weight excluding hydrogens is 342 g/mol. The second-order valence-electron chi connectivity index (χ2n) is 7.90. The Bertz CT molecular complexity index is 676. The van der Waals surface area contributed by atoms with Gasteiger partial charge in [-0.25, -0.2) is 0 Å². The zero-order chi connectivity index (χ0) is 18.8. The number of piperazine rings is 1. The summed E-state index contributed by atoms with van der Waals surface area (Å²) in [6, 6.07) is 8.18. The smallest absolute Gasteiger partial charge is 0.228 e. The number of hydrogen-bond acceptors (Lipinski definition) is 4. The molecule has 0 aromatic heterocycles. The summed E-state index contributed by atoms with van der Waals surface area (Å²) in [6.45, 7) is 4.01. The van der Waals surface area contributed by atoms with Crippen LogP contribution in [0.3, 0.4) is 0 Å². The molecule has 3 aliphatic rings. The van der Waals surface area contributed by atoms with Gasteiger partial charge in [-0.05, 0) is 37.1 Å². The van der Waals surface area contributed by atoms with Crippen molar-refractivity contribution in [3.63, 3.8) is 0 Å². The van der Waals surface area contributed by atoms with Crippen LogP contribution in [0.5, 0.6) is 5.75 Å². The molecule has 27 heavy (non-hydrogen) atoms. The average molecular weight is 371 g/mol. The van der Waals surface area contributed by atoms with Crippen LogP contribution in [0.4, 0.5) is 5.69 Å². The first-order valence-corrected chi connectivity index (χ1v) is 10.1. The van der Waals surface area contributed by atoms with Crippen LogP contribution in [-0.2, 0) is 9.59 Å². The second kappa shape index (κ2) is 7.89. The van der Waals surface area contributed by atoms with Gasteiger partial charge >= 0.3 is 0 Å². The van der Waals surface area contributed by atoms with Gasteiger partial charge in [0.05, 0.1) is 13.0 Å². The molecule has 2 saturated heterocycles. The van der Waals surface area contributed by atoms with Crippen LogP contribution in [0.15, 0.2) is 24.3 Å². The van der Waals surface area contributed by atoms with Gasteiger partial charge in [-0.3, -0.25) is 14.5 Å². The van der Waals surface area contributed by atoms with Gasteiger partial charge < -0.3 is 14.5 Å². The van der Waals surface area contributed by atoms with Crippen molar-refractivity contribution >= 4 is 17.5 Å². The van der Waals surface area contributed by atoms with E-state index in [-0.39, 0.29) is 17.7 Å². The molecule has 2 heterocycles. The predicted octanol–water partition coefficient (Wildman–Crippen LogP) is 2.13. The Morgan fingerprint density at radius 2 is 1.70 bits per heavy atom. The van der Waals surface area contributed by atoms with Gasteiger partial charge in [0.2, 0.25) is 11.8 Å². The Balaban J connectivity index is 1.33. The van der Waals surface area contributed by atoms with Crippen molar-refractivity contribution in [1.82, 2.24) is 9.80 Å². The highest BCUT2D eigenvalue weighted by Gasteiger charge is 2.38. The van der Waals surface area contributed by atoms with Crippen molar-refractivity contribution in [2.75, 3.05) is 44.7 Å². The van der Waals surface area contributed by atoms with E-state index in [1.165, 1.54) is 25.7 Å². The Hall–Kier alpha value is -2.08. The fourth-order valence-electron chi connectivity index (χ4n) is 4.72. The number of carbonyl (C=O) groups is 2. The molecule has 0 bridgehead atoms. The van der Waals surface area contributed by atoms with E-state index >= 15 is 0 Å². The molecule has 2 amide bonds. The topological polar surface area (TPSA) is 53.1 Å². The SMILES string of the molecule is COc1ccc(N2C[C@H](C(=O)N3CCN(C4CCCC4)CC3)CC2=O)cc1. The lowest BCUT2D eigenvalue weighted by Gasteiger charge is -2.38. The van der Waals surface area contributed by atoms with Gasteiger partial charge in [0.15, 0.2) is 0 Å². The summed E-state index contributed by atoms with van der Waals surface area (Å²) in [5.74, 6) is 0.712. The van der Waals surface area contributed by atoms with E-state index in [0.29, 0.717) is 13.0 Å². The van der Waals surface area contributed by atoms with Crippen molar-refractivity contribution < 1.29 is 14.3 Å². The quantitative estimate of drug-likeness (QED) is 0.814. The second-order valence-corrected chi connectivity index (χ2v) is 7.90. The summed E-state index contributed by atoms with van der Waals surface area (Å²) in [7, 11) is 1.62. The van der Waals surface area contributed by atoms with Crippen molar-refractivity contribution in [2.24, 2.45) is 5.92 Å². The van der Waals surface area contributed by atoms with Gasteiger partial charge in [0, 0.05) is 50.9 Å². The monoisotopic (exact) mass is 371 g/mol. The summed E-state index contributed by atoms with van der Waals surface area (Å²) in [5, 5.41) is 0. The maximum Gasteiger partial charge on any atom is 0.228 e. The molecule has 2 aliphatic heterocycles. The van der Waals surface area contributed by atoms with E-state index in [1.54, 1.807) is 12.0 Å². The minimum atomic E-state index is -0.224. The van der Waals surface area contributed by atoms with Crippen LogP contribution < -0.4 is 9.64 Å². The van der Waals surface area contributed by atoms with E-state index in [1.807, 2.05) is 29.2 Å². The Kier molecular flexibility index (Phi) is 5.34. The zero-order valence-electron chi connectivity index (χ0n) is 16.1. The lowest BCUT2D eigenvalue weighted by Crippen LogP contribution is -2.52. The number of rotatable bonds is 4. The minimum Gasteiger partial charge on any atom is -0.497 e. The molecule has 4 rings (SSSR count). The maximum atomic E-state index is 13.0. The van der Waals surface area contributed by atoms with Gasteiger partial charge in [-0.2, -0.15) is 0 Å². The molecule has 1 saturated carbocycles. The fraction of sp³-hybridized carbons (Fsp3) is 0.619. The summed E-state index contributed by atoms with van der Waals surface area (Å²) >= 11 is 0. The van der Waals surface area contributed by atoms with Crippen molar-refractivity contribution in [3.05, 3.63) is 24.3 Å². The average Bonchev–Trinajstić information content (AvgIpc) is 3.38. The minimum absolute atomic E-state index is 0.0307. The van der Waals surface area contributed by atoms with Gasteiger partial charge in [-0.15, -0.1) is 0 Å². The van der Waals surface area contributed by atoms with Crippen LogP contribution >= 0.6 is 0 Å². The highest BCUT2D eigenvalue weighted by atomic mass is 16.5. The van der Waals surface area contributed by atoms with Crippen LogP contribution in [0.1, 0.15) is 32.1 Å². The zero-order valence-corrected chi connectivity index (χ0v) is 16.1. The molecule has 0 unspecified atom stereocenters. The fourth-order valence-corrected chi connectivity index (χ4v) is 4.72. The molecule has 1 aliphatic carbocycles. The number of ether oxygens (including phenoxy) is 1. The number of nitrogens with zero attached hydrogens (tertiary/aromatic N) is 3. The first kappa shape index (κ1) is 18.3. The predicted molar refractivity (Wildman–Crippen MR) is 104 cm³/mol. The Morgan fingerprint density at radius 3 is 2.33 bits per heavy atom. The lowest BCUT2D eigenvalue weighted by atomic mass is 10.1. The first-order chi connectivity index (χ1) is 13.2. The number of methoxy groups -OCH3 is 1. The lowest BCUT2D eigenvalue weighted by molar-refractivity contribution is -0.137. The van der Waals surface area contributed by atoms with Crippen LogP contribution in [-0.4, -0.2) is 67.5 Å². The van der Waals surface area contributed by atoms with Crippen molar-refractivity contribution in [2.45, 2.75) is 38.1 Å². The molecule has 146 valence electrons. The number of benzene rings is 1. The van der Waals surface area contributed by atoms with E-state index in [2.05, 4.69) is 4.90 Å². The van der Waals surface area contributed by atoms with Crippen molar-refractivity contribution in [1.29, 1.82) is 0 Å². The van der Waals surface area contributed by atoms with Gasteiger partial charge in [0.1, 0.15) is 5.75 Å². The summed E-state index contributed by atoms with van der Waals surface area (Å²) in [4.78, 5) is 31.7. The standard InChI is InChI=1S/C21H29N3O3/c1-27-19-8-6-18(7-9-19)24-15-16(14-20(24)25)21(26)23-12-10-22(11-13-23)17-4-2-3-5-17/h6-9,16-17H,2-5,10-15H2,1H3/t16-/m1/s1. The third-order valence-corrected chi connectivity index (χ3v) is 6.33. The summed E-state index contributed by atoms with van der Waals surface area (Å²) in [6.07, 6.45) is 5.61. The molecule has 6 nitrogen and oxygen atoms in total. The molecule has 1 aromatic carbocycles. The highest BCUT2D eigenvalue weighted by molar-refractivity contribution is 6.00. The molecule has 6 heteroatoms. The molecule has 3 fully saturated rings. The Labute approximate surface area is 161 Å². The molecule has 0 spiro atoms. The van der Waals surface area contributed by atoms with Crippen LogP contribution in [0.25, 0.3) is 0 Å². The first-order valence-electron chi connectivity index (χ1n) is 10.1. The summed E-state index contributed by atoms with van der Waals surface area (Å²) in [5.41, 5.74) is 0.835. The van der Waals surface area contributed by atoms with Crippen LogP contribution in [0.2, 0.25) is 0 Å². The molecule has 1 atom stereocenters.